The van der Waals surface area contributed by atoms with E-state index in [1.54, 1.807) is 31.3 Å². The third-order valence-corrected chi connectivity index (χ3v) is 2.99. The van der Waals surface area contributed by atoms with Gasteiger partial charge in [-0.1, -0.05) is 12.1 Å². The number of benzene rings is 1. The second kappa shape index (κ2) is 6.51. The predicted octanol–water partition coefficient (Wildman–Crippen LogP) is 1.81. The van der Waals surface area contributed by atoms with Crippen LogP contribution in [0.1, 0.15) is 21.6 Å². The lowest BCUT2D eigenvalue weighted by atomic mass is 10.1. The van der Waals surface area contributed by atoms with Gasteiger partial charge in [0.15, 0.2) is 0 Å². The fourth-order valence-corrected chi connectivity index (χ4v) is 1.92. The van der Waals surface area contributed by atoms with Gasteiger partial charge in [0, 0.05) is 17.4 Å². The minimum absolute atomic E-state index is 0.230. The van der Waals surface area contributed by atoms with E-state index in [2.05, 4.69) is 15.6 Å². The Labute approximate surface area is 122 Å². The molecule has 2 aromatic rings. The van der Waals surface area contributed by atoms with Gasteiger partial charge in [0.1, 0.15) is 0 Å². The fraction of sp³-hybridized carbons (Fsp3) is 0.133. The smallest absolute Gasteiger partial charge is 0.316 e. The Balaban J connectivity index is 2.10. The van der Waals surface area contributed by atoms with Crippen molar-refractivity contribution in [3.8, 4) is 0 Å². The molecule has 0 radical (unpaired) electrons. The third kappa shape index (κ3) is 3.79. The summed E-state index contributed by atoms with van der Waals surface area (Å²) < 4.78 is 0. The number of aromatic nitrogens is 1. The summed E-state index contributed by atoms with van der Waals surface area (Å²) in [6.07, 6.45) is 1.67. The number of nitrogens with zero attached hydrogens (tertiary/aromatic N) is 1. The average Bonchev–Trinajstić information content (AvgIpc) is 2.47. The Morgan fingerprint density at radius 1 is 1.19 bits per heavy atom. The number of nitrogens with two attached hydrogens (primary N) is 1. The highest BCUT2D eigenvalue weighted by Crippen LogP contribution is 2.18. The van der Waals surface area contributed by atoms with Gasteiger partial charge in [-0.2, -0.15) is 0 Å². The van der Waals surface area contributed by atoms with Gasteiger partial charge >= 0.3 is 6.03 Å². The van der Waals surface area contributed by atoms with E-state index in [0.717, 1.165) is 5.69 Å². The van der Waals surface area contributed by atoms with E-state index < -0.39 is 6.03 Å². The number of nitrogens with one attached hydrogen (secondary N) is 2. The largest absolute Gasteiger partial charge is 0.351 e. The maximum atomic E-state index is 12.2. The van der Waals surface area contributed by atoms with Crippen LogP contribution in [0.3, 0.4) is 0 Å². The zero-order valence-electron chi connectivity index (χ0n) is 11.6. The monoisotopic (exact) mass is 284 g/mol. The van der Waals surface area contributed by atoms with Crippen LogP contribution in [0.25, 0.3) is 0 Å². The van der Waals surface area contributed by atoms with Gasteiger partial charge in [-0.25, -0.2) is 4.79 Å². The SMILES string of the molecule is Cc1c(NC(N)=O)cccc1C(=O)NCc1ccccn1. The van der Waals surface area contributed by atoms with Crippen molar-refractivity contribution in [2.75, 3.05) is 5.32 Å². The number of amides is 3. The lowest BCUT2D eigenvalue weighted by molar-refractivity contribution is 0.0950. The highest BCUT2D eigenvalue weighted by molar-refractivity contribution is 5.98. The van der Waals surface area contributed by atoms with Gasteiger partial charge in [-0.15, -0.1) is 0 Å². The Kier molecular flexibility index (Phi) is 4.50. The minimum atomic E-state index is -0.663. The summed E-state index contributed by atoms with van der Waals surface area (Å²) >= 11 is 0. The van der Waals surface area contributed by atoms with Crippen molar-refractivity contribution in [3.63, 3.8) is 0 Å². The zero-order valence-corrected chi connectivity index (χ0v) is 11.6. The number of hydrogen-bond acceptors (Lipinski definition) is 3. The molecule has 6 nitrogen and oxygen atoms in total. The average molecular weight is 284 g/mol. The molecule has 0 aliphatic carbocycles. The molecule has 0 spiro atoms. The van der Waals surface area contributed by atoms with E-state index in [9.17, 15) is 9.59 Å². The van der Waals surface area contributed by atoms with E-state index in [0.29, 0.717) is 23.4 Å². The maximum Gasteiger partial charge on any atom is 0.316 e. The van der Waals surface area contributed by atoms with Crippen LogP contribution in [0, 0.1) is 6.92 Å². The summed E-state index contributed by atoms with van der Waals surface area (Å²) in [5, 5.41) is 5.28. The highest BCUT2D eigenvalue weighted by Gasteiger charge is 2.12. The van der Waals surface area contributed by atoms with Crippen molar-refractivity contribution in [1.82, 2.24) is 10.3 Å². The molecule has 108 valence electrons. The number of urea groups is 1. The Hall–Kier alpha value is -2.89. The van der Waals surface area contributed by atoms with Crippen molar-refractivity contribution < 1.29 is 9.59 Å². The number of primary amides is 1. The van der Waals surface area contributed by atoms with Crippen molar-refractivity contribution in [3.05, 3.63) is 59.4 Å². The molecule has 0 saturated carbocycles. The maximum absolute atomic E-state index is 12.2. The molecular weight excluding hydrogens is 268 g/mol. The van der Waals surface area contributed by atoms with Crippen LogP contribution in [0.4, 0.5) is 10.5 Å². The Morgan fingerprint density at radius 3 is 2.67 bits per heavy atom. The van der Waals surface area contributed by atoms with E-state index in [-0.39, 0.29) is 5.91 Å². The molecule has 0 saturated heterocycles. The summed E-state index contributed by atoms with van der Waals surface area (Å²) in [4.78, 5) is 27.2. The van der Waals surface area contributed by atoms with Gasteiger partial charge in [-0.3, -0.25) is 9.78 Å². The predicted molar refractivity (Wildman–Crippen MR) is 79.8 cm³/mol. The second-order valence-corrected chi connectivity index (χ2v) is 4.47. The minimum Gasteiger partial charge on any atom is -0.351 e. The molecule has 2 rings (SSSR count). The number of hydrogen-bond donors (Lipinski definition) is 3. The first-order valence-electron chi connectivity index (χ1n) is 6.42. The summed E-state index contributed by atoms with van der Waals surface area (Å²) in [7, 11) is 0. The van der Waals surface area contributed by atoms with Crippen LogP contribution < -0.4 is 16.4 Å². The van der Waals surface area contributed by atoms with Crippen LogP contribution in [-0.2, 0) is 6.54 Å². The van der Waals surface area contributed by atoms with Crippen molar-refractivity contribution in [1.29, 1.82) is 0 Å². The molecule has 21 heavy (non-hydrogen) atoms. The molecule has 4 N–H and O–H groups in total. The van der Waals surface area contributed by atoms with Crippen LogP contribution in [0.15, 0.2) is 42.6 Å². The van der Waals surface area contributed by atoms with Gasteiger partial charge in [0.2, 0.25) is 0 Å². The highest BCUT2D eigenvalue weighted by atomic mass is 16.2. The topological polar surface area (TPSA) is 97.1 Å². The van der Waals surface area contributed by atoms with Crippen molar-refractivity contribution in [2.24, 2.45) is 5.73 Å². The normalized spacial score (nSPS) is 9.95. The number of anilines is 1. The molecule has 0 aliphatic heterocycles. The Bertz CT molecular complexity index is 656. The molecule has 0 aliphatic rings. The zero-order chi connectivity index (χ0) is 15.2. The number of rotatable bonds is 4. The molecule has 1 aromatic heterocycles. The van der Waals surface area contributed by atoms with E-state index >= 15 is 0 Å². The third-order valence-electron chi connectivity index (χ3n) is 2.99. The molecule has 0 fully saturated rings. The van der Waals surface area contributed by atoms with E-state index in [4.69, 9.17) is 5.73 Å². The van der Waals surface area contributed by atoms with Crippen LogP contribution in [-0.4, -0.2) is 16.9 Å². The molecule has 0 bridgehead atoms. The first-order chi connectivity index (χ1) is 10.1. The molecule has 0 unspecified atom stereocenters. The first kappa shape index (κ1) is 14.5. The lowest BCUT2D eigenvalue weighted by Crippen LogP contribution is -2.25. The second-order valence-electron chi connectivity index (χ2n) is 4.47. The van der Waals surface area contributed by atoms with Crippen LogP contribution >= 0.6 is 0 Å². The molecule has 1 heterocycles. The lowest BCUT2D eigenvalue weighted by Gasteiger charge is -2.11. The quantitative estimate of drug-likeness (QED) is 0.798. The standard InChI is InChI=1S/C15H16N4O2/c1-10-12(6-4-7-13(10)19-15(16)21)14(20)18-9-11-5-2-3-8-17-11/h2-8H,9H2,1H3,(H,18,20)(H3,16,19,21). The van der Waals surface area contributed by atoms with Gasteiger partial charge < -0.3 is 16.4 Å². The molecule has 1 aromatic carbocycles. The number of pyridine rings is 1. The van der Waals surface area contributed by atoms with Crippen molar-refractivity contribution in [2.45, 2.75) is 13.5 Å². The van der Waals surface area contributed by atoms with Gasteiger partial charge in [0.05, 0.1) is 12.2 Å². The Morgan fingerprint density at radius 2 is 2.00 bits per heavy atom. The summed E-state index contributed by atoms with van der Waals surface area (Å²) in [5.74, 6) is -0.230. The first-order valence-corrected chi connectivity index (χ1v) is 6.42. The van der Waals surface area contributed by atoms with Gasteiger partial charge in [-0.05, 0) is 36.8 Å². The molecular formula is C15H16N4O2. The molecule has 0 atom stereocenters. The fourth-order valence-electron chi connectivity index (χ4n) is 1.92. The van der Waals surface area contributed by atoms with E-state index in [1.165, 1.54) is 0 Å². The summed E-state index contributed by atoms with van der Waals surface area (Å²) in [6, 6.07) is 9.91. The van der Waals surface area contributed by atoms with Crippen LogP contribution in [0.5, 0.6) is 0 Å². The van der Waals surface area contributed by atoms with Crippen LogP contribution in [0.2, 0.25) is 0 Å². The number of carbonyl (C=O) groups is 2. The summed E-state index contributed by atoms with van der Waals surface area (Å²) in [6.45, 7) is 2.09. The van der Waals surface area contributed by atoms with Crippen molar-refractivity contribution >= 4 is 17.6 Å². The summed E-state index contributed by atoms with van der Waals surface area (Å²) in [5.41, 5.74) is 7.54. The van der Waals surface area contributed by atoms with E-state index in [1.807, 2.05) is 18.2 Å². The molecule has 6 heteroatoms. The van der Waals surface area contributed by atoms with Gasteiger partial charge in [0.25, 0.3) is 5.91 Å². The number of carbonyl (C=O) groups excluding carboxylic acids is 2. The molecule has 3 amide bonds.